The first-order chi connectivity index (χ1) is 16.2. The van der Waals surface area contributed by atoms with E-state index in [0.717, 1.165) is 11.1 Å². The van der Waals surface area contributed by atoms with Crippen LogP contribution in [0.3, 0.4) is 0 Å². The van der Waals surface area contributed by atoms with Crippen LogP contribution in [0.5, 0.6) is 5.75 Å². The molecule has 3 aromatic carbocycles. The molecule has 4 rings (SSSR count). The van der Waals surface area contributed by atoms with E-state index in [-0.39, 0.29) is 5.91 Å². The van der Waals surface area contributed by atoms with Gasteiger partial charge in [-0.3, -0.25) is 4.79 Å². The molecule has 0 N–H and O–H groups in total. The van der Waals surface area contributed by atoms with Gasteiger partial charge in [-0.15, -0.1) is 0 Å². The number of benzene rings is 3. The number of likely N-dealkylation sites (tertiary alicyclic amines) is 1. The van der Waals surface area contributed by atoms with Gasteiger partial charge < -0.3 is 14.4 Å². The van der Waals surface area contributed by atoms with Gasteiger partial charge in [-0.05, 0) is 51.0 Å². The molecule has 1 amide bonds. The van der Waals surface area contributed by atoms with Crippen LogP contribution in [0.2, 0.25) is 0 Å². The summed E-state index contributed by atoms with van der Waals surface area (Å²) in [7, 11) is 0. The first kappa shape index (κ1) is 23.6. The molecule has 0 unspecified atom stereocenters. The Bertz CT molecular complexity index is 1130. The summed E-state index contributed by atoms with van der Waals surface area (Å²) in [5.74, 6) is -0.0539. The molecule has 1 saturated heterocycles. The van der Waals surface area contributed by atoms with Crippen LogP contribution in [0.4, 0.5) is 0 Å². The number of ether oxygens (including phenoxy) is 2. The minimum absolute atomic E-state index is 0.234. The van der Waals surface area contributed by atoms with Crippen molar-refractivity contribution >= 4 is 11.9 Å². The maximum absolute atomic E-state index is 13.6. The zero-order valence-corrected chi connectivity index (χ0v) is 20.1. The maximum Gasteiger partial charge on any atom is 0.332 e. The van der Waals surface area contributed by atoms with Crippen LogP contribution in [0.15, 0.2) is 91.0 Å². The van der Waals surface area contributed by atoms with Gasteiger partial charge in [0.05, 0.1) is 0 Å². The van der Waals surface area contributed by atoms with Crippen LogP contribution in [-0.2, 0) is 20.7 Å². The maximum atomic E-state index is 13.6. The molecular formula is C29H31NO4. The van der Waals surface area contributed by atoms with E-state index in [1.165, 1.54) is 0 Å². The van der Waals surface area contributed by atoms with E-state index >= 15 is 0 Å². The summed E-state index contributed by atoms with van der Waals surface area (Å²) >= 11 is 0. The van der Waals surface area contributed by atoms with Crippen LogP contribution in [0.25, 0.3) is 0 Å². The highest BCUT2D eigenvalue weighted by molar-refractivity contribution is 5.96. The Morgan fingerprint density at radius 2 is 1.35 bits per heavy atom. The fourth-order valence-electron chi connectivity index (χ4n) is 4.38. The molecule has 0 aromatic heterocycles. The number of rotatable bonds is 7. The third kappa shape index (κ3) is 4.84. The molecule has 0 aliphatic carbocycles. The van der Waals surface area contributed by atoms with Crippen LogP contribution in [0, 0.1) is 0 Å². The average molecular weight is 458 g/mol. The molecule has 5 heteroatoms. The Morgan fingerprint density at radius 3 is 1.91 bits per heavy atom. The number of para-hydroxylation sites is 1. The molecule has 1 heterocycles. The molecule has 0 spiro atoms. The number of esters is 1. The standard InChI is InChI=1S/C29H31NO4/c1-28(2,3)34-27(32)29(4,20-21-14-8-5-9-15-21)30-24(22-16-10-6-11-17-22)25(26(30)31)33-23-18-12-7-13-19-23/h5-19,24-25H,20H2,1-4H3/t24-,25+,29-/m1/s1. The average Bonchev–Trinajstić information content (AvgIpc) is 2.81. The monoisotopic (exact) mass is 457 g/mol. The molecule has 1 aliphatic heterocycles. The highest BCUT2D eigenvalue weighted by Gasteiger charge is 2.60. The normalized spacial score (nSPS) is 19.6. The third-order valence-electron chi connectivity index (χ3n) is 5.95. The van der Waals surface area contributed by atoms with E-state index in [2.05, 4.69) is 0 Å². The number of carbonyl (C=O) groups is 2. The number of carbonyl (C=O) groups excluding carboxylic acids is 2. The summed E-state index contributed by atoms with van der Waals surface area (Å²) < 4.78 is 12.0. The first-order valence-corrected chi connectivity index (χ1v) is 11.6. The lowest BCUT2D eigenvalue weighted by Gasteiger charge is -2.54. The van der Waals surface area contributed by atoms with Gasteiger partial charge in [0, 0.05) is 6.42 Å². The molecule has 0 bridgehead atoms. The van der Waals surface area contributed by atoms with Crippen molar-refractivity contribution in [2.24, 2.45) is 0 Å². The van der Waals surface area contributed by atoms with E-state index in [1.807, 2.05) is 112 Å². The van der Waals surface area contributed by atoms with Crippen LogP contribution in [0.1, 0.15) is 44.9 Å². The van der Waals surface area contributed by atoms with E-state index in [9.17, 15) is 9.59 Å². The van der Waals surface area contributed by atoms with Gasteiger partial charge in [0.2, 0.25) is 6.10 Å². The number of nitrogens with zero attached hydrogens (tertiary/aromatic N) is 1. The topological polar surface area (TPSA) is 55.8 Å². The molecular weight excluding hydrogens is 426 g/mol. The van der Waals surface area contributed by atoms with Gasteiger partial charge in [-0.1, -0.05) is 78.9 Å². The van der Waals surface area contributed by atoms with Crippen molar-refractivity contribution in [2.75, 3.05) is 0 Å². The van der Waals surface area contributed by atoms with Crippen molar-refractivity contribution in [3.63, 3.8) is 0 Å². The number of β-lactam (4-membered cyclic amide) rings is 1. The summed E-state index contributed by atoms with van der Waals surface area (Å²) in [5, 5.41) is 0. The largest absolute Gasteiger partial charge is 0.478 e. The number of hydrogen-bond acceptors (Lipinski definition) is 4. The van der Waals surface area contributed by atoms with Crippen molar-refractivity contribution in [2.45, 2.75) is 57.4 Å². The van der Waals surface area contributed by atoms with E-state index in [1.54, 1.807) is 11.8 Å². The quantitative estimate of drug-likeness (QED) is 0.354. The summed E-state index contributed by atoms with van der Waals surface area (Å²) in [6, 6.07) is 28.3. The fraction of sp³-hybridized carbons (Fsp3) is 0.310. The molecule has 0 radical (unpaired) electrons. The van der Waals surface area contributed by atoms with Crippen molar-refractivity contribution in [1.29, 1.82) is 0 Å². The summed E-state index contributed by atoms with van der Waals surface area (Å²) in [5.41, 5.74) is -0.0535. The predicted octanol–water partition coefficient (Wildman–Crippen LogP) is 5.36. The minimum Gasteiger partial charge on any atom is -0.478 e. The summed E-state index contributed by atoms with van der Waals surface area (Å²) in [4.78, 5) is 28.9. The molecule has 3 atom stereocenters. The van der Waals surface area contributed by atoms with Crippen molar-refractivity contribution in [1.82, 2.24) is 4.90 Å². The first-order valence-electron chi connectivity index (χ1n) is 11.6. The van der Waals surface area contributed by atoms with Crippen LogP contribution >= 0.6 is 0 Å². The lowest BCUT2D eigenvalue weighted by molar-refractivity contribution is -0.194. The Kier molecular flexibility index (Phi) is 6.47. The van der Waals surface area contributed by atoms with Crippen molar-refractivity contribution in [3.8, 4) is 5.75 Å². The summed E-state index contributed by atoms with van der Waals surface area (Å²) in [6.07, 6.45) is -0.405. The zero-order valence-electron chi connectivity index (χ0n) is 20.1. The fourth-order valence-corrected chi connectivity index (χ4v) is 4.38. The lowest BCUT2D eigenvalue weighted by atomic mass is 9.80. The second-order valence-corrected chi connectivity index (χ2v) is 9.85. The molecule has 176 valence electrons. The number of hydrogen-bond donors (Lipinski definition) is 0. The SMILES string of the molecule is CC(C)(C)OC(=O)[C@@](C)(Cc1ccccc1)N1C(=O)[C@@H](Oc2ccccc2)[C@H]1c1ccccc1. The van der Waals surface area contributed by atoms with Crippen LogP contribution in [-0.4, -0.2) is 34.0 Å². The predicted molar refractivity (Wildman–Crippen MR) is 131 cm³/mol. The Labute approximate surface area is 201 Å². The van der Waals surface area contributed by atoms with E-state index in [4.69, 9.17) is 9.47 Å². The van der Waals surface area contributed by atoms with Gasteiger partial charge in [0.1, 0.15) is 22.9 Å². The highest BCUT2D eigenvalue weighted by Crippen LogP contribution is 2.44. The third-order valence-corrected chi connectivity index (χ3v) is 5.95. The van der Waals surface area contributed by atoms with Gasteiger partial charge in [-0.2, -0.15) is 0 Å². The van der Waals surface area contributed by atoms with Crippen LogP contribution < -0.4 is 4.74 Å². The minimum atomic E-state index is -1.22. The zero-order chi connectivity index (χ0) is 24.3. The summed E-state index contributed by atoms with van der Waals surface area (Å²) in [6.45, 7) is 7.30. The highest BCUT2D eigenvalue weighted by atomic mass is 16.6. The van der Waals surface area contributed by atoms with Gasteiger partial charge in [0.25, 0.3) is 5.91 Å². The van der Waals surface area contributed by atoms with Crippen molar-refractivity contribution in [3.05, 3.63) is 102 Å². The van der Waals surface area contributed by atoms with E-state index < -0.39 is 29.3 Å². The van der Waals surface area contributed by atoms with Gasteiger partial charge in [-0.25, -0.2) is 4.79 Å². The Morgan fingerprint density at radius 1 is 0.824 bits per heavy atom. The Hall–Kier alpha value is -3.60. The van der Waals surface area contributed by atoms with Gasteiger partial charge >= 0.3 is 5.97 Å². The molecule has 1 fully saturated rings. The molecule has 34 heavy (non-hydrogen) atoms. The lowest BCUT2D eigenvalue weighted by Crippen LogP contribution is -2.71. The second kappa shape index (κ2) is 9.34. The van der Waals surface area contributed by atoms with Crippen molar-refractivity contribution < 1.29 is 19.1 Å². The number of amides is 1. The molecule has 3 aromatic rings. The Balaban J connectivity index is 1.75. The molecule has 5 nitrogen and oxygen atoms in total. The van der Waals surface area contributed by atoms with E-state index in [0.29, 0.717) is 12.2 Å². The molecule has 0 saturated carbocycles. The molecule has 1 aliphatic rings. The smallest absolute Gasteiger partial charge is 0.332 e. The second-order valence-electron chi connectivity index (χ2n) is 9.85. The van der Waals surface area contributed by atoms with Gasteiger partial charge in [0.15, 0.2) is 0 Å².